The summed E-state index contributed by atoms with van der Waals surface area (Å²) in [5, 5.41) is 0. The zero-order valence-electron chi connectivity index (χ0n) is 16.5. The van der Waals surface area contributed by atoms with Crippen LogP contribution < -0.4 is 15.4 Å². The molecule has 0 unspecified atom stereocenters. The highest BCUT2D eigenvalue weighted by molar-refractivity contribution is 6.10. The Morgan fingerprint density at radius 3 is 2.52 bits per heavy atom. The SMILES string of the molecule is Cc1ccc(/C=C2/Oc3ccc(N)cc3N(CCCc3ccccc3)C2=O)cc1. The molecule has 1 aliphatic heterocycles. The van der Waals surface area contributed by atoms with Gasteiger partial charge in [0.25, 0.3) is 5.91 Å². The maximum absolute atomic E-state index is 13.2. The number of rotatable bonds is 5. The molecule has 4 heteroatoms. The molecule has 0 fully saturated rings. The van der Waals surface area contributed by atoms with Crippen molar-refractivity contribution in [2.75, 3.05) is 17.2 Å². The zero-order valence-corrected chi connectivity index (χ0v) is 16.5. The van der Waals surface area contributed by atoms with E-state index >= 15 is 0 Å². The number of nitrogen functional groups attached to an aromatic ring is 1. The summed E-state index contributed by atoms with van der Waals surface area (Å²) in [6.07, 6.45) is 3.55. The highest BCUT2D eigenvalue weighted by Crippen LogP contribution is 2.37. The van der Waals surface area contributed by atoms with E-state index in [1.807, 2.05) is 55.5 Å². The second-order valence-electron chi connectivity index (χ2n) is 7.29. The summed E-state index contributed by atoms with van der Waals surface area (Å²) in [6.45, 7) is 2.63. The van der Waals surface area contributed by atoms with Crippen LogP contribution >= 0.6 is 0 Å². The third-order valence-corrected chi connectivity index (χ3v) is 5.01. The van der Waals surface area contributed by atoms with Crippen LogP contribution in [0.25, 0.3) is 6.08 Å². The van der Waals surface area contributed by atoms with Gasteiger partial charge in [-0.2, -0.15) is 0 Å². The summed E-state index contributed by atoms with van der Waals surface area (Å²) in [4.78, 5) is 15.0. The van der Waals surface area contributed by atoms with E-state index in [2.05, 4.69) is 12.1 Å². The standard InChI is InChI=1S/C25H24N2O2/c1-18-9-11-20(12-10-18)16-24-25(28)27(15-5-8-19-6-3-2-4-7-19)22-17-21(26)13-14-23(22)29-24/h2-4,6-7,9-14,16-17H,5,8,15,26H2,1H3/b24-16+. The molecule has 4 nitrogen and oxygen atoms in total. The summed E-state index contributed by atoms with van der Waals surface area (Å²) in [7, 11) is 0. The van der Waals surface area contributed by atoms with Crippen LogP contribution in [0.5, 0.6) is 5.75 Å². The van der Waals surface area contributed by atoms with E-state index in [1.54, 1.807) is 23.1 Å². The van der Waals surface area contributed by atoms with Gasteiger partial charge in [-0.15, -0.1) is 0 Å². The largest absolute Gasteiger partial charge is 0.449 e. The van der Waals surface area contributed by atoms with Crippen LogP contribution in [0.4, 0.5) is 11.4 Å². The van der Waals surface area contributed by atoms with Crippen LogP contribution in [0, 0.1) is 6.92 Å². The summed E-state index contributed by atoms with van der Waals surface area (Å²) in [5.74, 6) is 0.833. The number of nitrogens with zero attached hydrogens (tertiary/aromatic N) is 1. The molecule has 2 N–H and O–H groups in total. The summed E-state index contributed by atoms with van der Waals surface area (Å²) < 4.78 is 5.94. The second kappa shape index (κ2) is 8.23. The maximum atomic E-state index is 13.2. The monoisotopic (exact) mass is 384 g/mol. The molecule has 0 radical (unpaired) electrons. The van der Waals surface area contributed by atoms with Crippen molar-refractivity contribution in [1.82, 2.24) is 0 Å². The van der Waals surface area contributed by atoms with Gasteiger partial charge in [0, 0.05) is 12.2 Å². The van der Waals surface area contributed by atoms with Crippen molar-refractivity contribution in [2.45, 2.75) is 19.8 Å². The van der Waals surface area contributed by atoms with Gasteiger partial charge in [-0.3, -0.25) is 4.79 Å². The number of hydrogen-bond donors (Lipinski definition) is 1. The minimum Gasteiger partial charge on any atom is -0.449 e. The number of carbonyl (C=O) groups excluding carboxylic acids is 1. The first-order chi connectivity index (χ1) is 14.1. The predicted octanol–water partition coefficient (Wildman–Crippen LogP) is 4.98. The van der Waals surface area contributed by atoms with Crippen molar-refractivity contribution < 1.29 is 9.53 Å². The quantitative estimate of drug-likeness (QED) is 0.499. The molecular weight excluding hydrogens is 360 g/mol. The van der Waals surface area contributed by atoms with Crippen LogP contribution in [0.15, 0.2) is 78.6 Å². The molecule has 0 atom stereocenters. The predicted molar refractivity (Wildman–Crippen MR) is 118 cm³/mol. The molecule has 0 saturated carbocycles. The molecule has 1 amide bonds. The highest BCUT2D eigenvalue weighted by atomic mass is 16.5. The van der Waals surface area contributed by atoms with Crippen LogP contribution in [-0.2, 0) is 11.2 Å². The van der Waals surface area contributed by atoms with Crippen molar-refractivity contribution >= 4 is 23.4 Å². The Hall–Kier alpha value is -3.53. The smallest absolute Gasteiger partial charge is 0.294 e. The molecule has 0 aromatic heterocycles. The Morgan fingerprint density at radius 2 is 1.76 bits per heavy atom. The van der Waals surface area contributed by atoms with Crippen molar-refractivity contribution in [2.24, 2.45) is 0 Å². The fraction of sp³-hybridized carbons (Fsp3) is 0.160. The maximum Gasteiger partial charge on any atom is 0.294 e. The van der Waals surface area contributed by atoms with Gasteiger partial charge >= 0.3 is 0 Å². The molecule has 0 bridgehead atoms. The van der Waals surface area contributed by atoms with E-state index in [0.717, 1.165) is 24.1 Å². The van der Waals surface area contributed by atoms with Gasteiger partial charge in [-0.25, -0.2) is 0 Å². The molecule has 1 heterocycles. The number of fused-ring (bicyclic) bond motifs is 1. The minimum atomic E-state index is -0.142. The molecule has 146 valence electrons. The number of benzene rings is 3. The average Bonchev–Trinajstić information content (AvgIpc) is 2.73. The highest BCUT2D eigenvalue weighted by Gasteiger charge is 2.30. The second-order valence-corrected chi connectivity index (χ2v) is 7.29. The van der Waals surface area contributed by atoms with Crippen molar-refractivity contribution in [3.63, 3.8) is 0 Å². The Bertz CT molecular complexity index is 1040. The molecule has 0 aliphatic carbocycles. The zero-order chi connectivity index (χ0) is 20.2. The molecular formula is C25H24N2O2. The first kappa shape index (κ1) is 18.8. The Kier molecular flexibility index (Phi) is 5.34. The van der Waals surface area contributed by atoms with E-state index in [9.17, 15) is 4.79 Å². The van der Waals surface area contributed by atoms with Crippen molar-refractivity contribution in [3.8, 4) is 5.75 Å². The Labute approximate surface area is 171 Å². The lowest BCUT2D eigenvalue weighted by molar-refractivity contribution is -0.117. The van der Waals surface area contributed by atoms with E-state index in [4.69, 9.17) is 10.5 Å². The molecule has 3 aromatic rings. The molecule has 29 heavy (non-hydrogen) atoms. The first-order valence-corrected chi connectivity index (χ1v) is 9.82. The van der Waals surface area contributed by atoms with Gasteiger partial charge in [0.05, 0.1) is 5.69 Å². The number of aryl methyl sites for hydroxylation is 2. The lowest BCUT2D eigenvalue weighted by Gasteiger charge is -2.31. The van der Waals surface area contributed by atoms with Gasteiger partial charge in [0.2, 0.25) is 0 Å². The number of amides is 1. The van der Waals surface area contributed by atoms with E-state index < -0.39 is 0 Å². The summed E-state index contributed by atoms with van der Waals surface area (Å²) in [6, 6.07) is 23.7. The molecule has 4 rings (SSSR count). The van der Waals surface area contributed by atoms with E-state index in [1.165, 1.54) is 11.1 Å². The normalized spacial score (nSPS) is 14.6. The van der Waals surface area contributed by atoms with E-state index in [0.29, 0.717) is 23.7 Å². The minimum absolute atomic E-state index is 0.142. The number of nitrogens with two attached hydrogens (primary N) is 1. The third kappa shape index (κ3) is 4.32. The number of anilines is 2. The lowest BCUT2D eigenvalue weighted by Crippen LogP contribution is -2.38. The summed E-state index contributed by atoms with van der Waals surface area (Å²) in [5.41, 5.74) is 10.7. The topological polar surface area (TPSA) is 55.6 Å². The molecule has 3 aromatic carbocycles. The molecule has 0 saturated heterocycles. The van der Waals surface area contributed by atoms with Crippen LogP contribution in [0.3, 0.4) is 0 Å². The lowest BCUT2D eigenvalue weighted by atomic mass is 10.1. The Morgan fingerprint density at radius 1 is 1.00 bits per heavy atom. The molecule has 1 aliphatic rings. The number of hydrogen-bond acceptors (Lipinski definition) is 3. The van der Waals surface area contributed by atoms with Crippen LogP contribution in [-0.4, -0.2) is 12.5 Å². The Balaban J connectivity index is 1.60. The number of ether oxygens (including phenoxy) is 1. The van der Waals surface area contributed by atoms with Gasteiger partial charge in [0.15, 0.2) is 11.5 Å². The van der Waals surface area contributed by atoms with Gasteiger partial charge in [0.1, 0.15) is 0 Å². The number of carbonyl (C=O) groups is 1. The van der Waals surface area contributed by atoms with Gasteiger partial charge < -0.3 is 15.4 Å². The van der Waals surface area contributed by atoms with E-state index in [-0.39, 0.29) is 5.91 Å². The van der Waals surface area contributed by atoms with Crippen molar-refractivity contribution in [3.05, 3.63) is 95.2 Å². The molecule has 0 spiro atoms. The average molecular weight is 384 g/mol. The van der Waals surface area contributed by atoms with Gasteiger partial charge in [-0.05, 0) is 55.2 Å². The summed E-state index contributed by atoms with van der Waals surface area (Å²) >= 11 is 0. The van der Waals surface area contributed by atoms with Crippen LogP contribution in [0.1, 0.15) is 23.1 Å². The fourth-order valence-corrected chi connectivity index (χ4v) is 3.45. The van der Waals surface area contributed by atoms with Gasteiger partial charge in [-0.1, -0.05) is 60.2 Å². The van der Waals surface area contributed by atoms with Crippen molar-refractivity contribution in [1.29, 1.82) is 0 Å². The first-order valence-electron chi connectivity index (χ1n) is 9.82. The third-order valence-electron chi connectivity index (χ3n) is 5.01. The fourth-order valence-electron chi connectivity index (χ4n) is 3.45. The van der Waals surface area contributed by atoms with Crippen LogP contribution in [0.2, 0.25) is 0 Å².